The van der Waals surface area contributed by atoms with Crippen LogP contribution in [0.15, 0.2) is 6.33 Å². The molecule has 0 aliphatic carbocycles. The minimum absolute atomic E-state index is 0.594. The van der Waals surface area contributed by atoms with Crippen LogP contribution >= 0.6 is 11.3 Å². The second-order valence-electron chi connectivity index (χ2n) is 5.92. The number of aryl methyl sites for hydroxylation is 2. The Bertz CT molecular complexity index is 865. The molecule has 0 spiro atoms. The number of hydrogen-bond donors (Lipinski definition) is 1. The quantitative estimate of drug-likeness (QED) is 0.739. The predicted octanol–water partition coefficient (Wildman–Crippen LogP) is 1.82. The number of nitrogens with zero attached hydrogens (tertiary/aromatic N) is 5. The number of β-amino-alcohol motifs (C(OH)–C–C–N with tert-alkyl or cyclic N) is 1. The summed E-state index contributed by atoms with van der Waals surface area (Å²) in [6.07, 6.45) is 1.59. The first-order valence-electron chi connectivity index (χ1n) is 6.81. The summed E-state index contributed by atoms with van der Waals surface area (Å²) in [5, 5.41) is 19.5. The summed E-state index contributed by atoms with van der Waals surface area (Å²) in [5.74, 6) is 0.881. The van der Waals surface area contributed by atoms with Crippen molar-refractivity contribution in [2.24, 2.45) is 0 Å². The van der Waals surface area contributed by atoms with E-state index in [4.69, 9.17) is 0 Å². The van der Waals surface area contributed by atoms with Crippen molar-refractivity contribution in [1.82, 2.24) is 20.2 Å². The van der Waals surface area contributed by atoms with Crippen molar-refractivity contribution in [1.29, 1.82) is 0 Å². The van der Waals surface area contributed by atoms with Crippen molar-refractivity contribution in [2.45, 2.75) is 26.4 Å². The van der Waals surface area contributed by atoms with Crippen LogP contribution in [0, 0.1) is 13.8 Å². The van der Waals surface area contributed by atoms with E-state index in [1.54, 1.807) is 17.7 Å². The van der Waals surface area contributed by atoms with Gasteiger partial charge in [-0.2, -0.15) is 5.10 Å². The van der Waals surface area contributed by atoms with Gasteiger partial charge in [-0.3, -0.25) is 0 Å². The summed E-state index contributed by atoms with van der Waals surface area (Å²) in [4.78, 5) is 11.8. The fraction of sp³-hybridized carbons (Fsp3) is 0.429. The zero-order valence-corrected chi connectivity index (χ0v) is 12.9. The Hall–Kier alpha value is -1.86. The van der Waals surface area contributed by atoms with E-state index in [2.05, 4.69) is 32.0 Å². The molecular formula is C14H15N5OS. The summed E-state index contributed by atoms with van der Waals surface area (Å²) in [7, 11) is 0. The van der Waals surface area contributed by atoms with Crippen molar-refractivity contribution >= 4 is 37.6 Å². The van der Waals surface area contributed by atoms with Crippen LogP contribution in [0.4, 0.5) is 5.82 Å². The largest absolute Gasteiger partial charge is 0.386 e. The van der Waals surface area contributed by atoms with Crippen LogP contribution < -0.4 is 4.90 Å². The van der Waals surface area contributed by atoms with Crippen molar-refractivity contribution in [3.63, 3.8) is 0 Å². The fourth-order valence-electron chi connectivity index (χ4n) is 2.82. The standard InChI is InChI=1S/C14H15N5OS/c1-7-8(2)17-18-13-9(7)10-11(21-13)12(16-6-15-10)19-4-14(3,20)5-19/h6,20H,4-5H2,1-3H3. The lowest BCUT2D eigenvalue weighted by Gasteiger charge is -2.44. The number of aromatic nitrogens is 4. The summed E-state index contributed by atoms with van der Waals surface area (Å²) in [5.41, 5.74) is 2.35. The summed E-state index contributed by atoms with van der Waals surface area (Å²) >= 11 is 1.57. The zero-order valence-electron chi connectivity index (χ0n) is 12.1. The maximum Gasteiger partial charge on any atom is 0.150 e. The van der Waals surface area contributed by atoms with E-state index in [0.717, 1.165) is 37.5 Å². The van der Waals surface area contributed by atoms with Crippen LogP contribution in [-0.4, -0.2) is 44.0 Å². The molecule has 6 nitrogen and oxygen atoms in total. The number of hydrogen-bond acceptors (Lipinski definition) is 7. The molecule has 0 atom stereocenters. The van der Waals surface area contributed by atoms with Crippen molar-refractivity contribution in [3.05, 3.63) is 17.6 Å². The molecule has 0 radical (unpaired) electrons. The highest BCUT2D eigenvalue weighted by Crippen LogP contribution is 2.39. The Kier molecular flexibility index (Phi) is 2.50. The third-order valence-corrected chi connectivity index (χ3v) is 5.06. The highest BCUT2D eigenvalue weighted by atomic mass is 32.1. The Morgan fingerprint density at radius 3 is 2.71 bits per heavy atom. The molecule has 1 aliphatic heterocycles. The lowest BCUT2D eigenvalue weighted by Crippen LogP contribution is -2.60. The van der Waals surface area contributed by atoms with Crippen LogP contribution in [0.2, 0.25) is 0 Å². The predicted molar refractivity (Wildman–Crippen MR) is 82.8 cm³/mol. The first-order valence-corrected chi connectivity index (χ1v) is 7.62. The normalized spacial score (nSPS) is 17.4. The molecule has 1 aliphatic rings. The monoisotopic (exact) mass is 301 g/mol. The Morgan fingerprint density at radius 2 is 2.00 bits per heavy atom. The fourth-order valence-corrected chi connectivity index (χ4v) is 3.97. The molecule has 0 bridgehead atoms. The van der Waals surface area contributed by atoms with E-state index >= 15 is 0 Å². The van der Waals surface area contributed by atoms with Gasteiger partial charge in [0.05, 0.1) is 21.5 Å². The number of fused-ring (bicyclic) bond motifs is 3. The second kappa shape index (κ2) is 4.08. The Balaban J connectivity index is 1.97. The molecule has 108 valence electrons. The lowest BCUT2D eigenvalue weighted by molar-refractivity contribution is 0.0307. The minimum Gasteiger partial charge on any atom is -0.386 e. The van der Waals surface area contributed by atoms with E-state index in [0.29, 0.717) is 13.1 Å². The molecule has 1 N–H and O–H groups in total. The highest BCUT2D eigenvalue weighted by molar-refractivity contribution is 7.26. The van der Waals surface area contributed by atoms with E-state index in [9.17, 15) is 5.11 Å². The van der Waals surface area contributed by atoms with Gasteiger partial charge in [-0.1, -0.05) is 0 Å². The van der Waals surface area contributed by atoms with E-state index in [1.165, 1.54) is 0 Å². The van der Waals surface area contributed by atoms with Crippen LogP contribution in [0.3, 0.4) is 0 Å². The Morgan fingerprint density at radius 1 is 1.24 bits per heavy atom. The number of aliphatic hydroxyl groups is 1. The highest BCUT2D eigenvalue weighted by Gasteiger charge is 2.38. The minimum atomic E-state index is -0.625. The molecule has 0 amide bonds. The van der Waals surface area contributed by atoms with Crippen LogP contribution in [0.25, 0.3) is 20.4 Å². The molecule has 7 heteroatoms. The molecule has 1 saturated heterocycles. The average Bonchev–Trinajstić information content (AvgIpc) is 2.79. The van der Waals surface area contributed by atoms with Gasteiger partial charge in [-0.05, 0) is 26.3 Å². The van der Waals surface area contributed by atoms with Crippen LogP contribution in [-0.2, 0) is 0 Å². The molecule has 21 heavy (non-hydrogen) atoms. The average molecular weight is 301 g/mol. The van der Waals surface area contributed by atoms with E-state index < -0.39 is 5.60 Å². The number of thiophene rings is 1. The van der Waals surface area contributed by atoms with Crippen LogP contribution in [0.5, 0.6) is 0 Å². The zero-order chi connectivity index (χ0) is 14.8. The molecule has 1 fully saturated rings. The van der Waals surface area contributed by atoms with Gasteiger partial charge in [-0.25, -0.2) is 9.97 Å². The van der Waals surface area contributed by atoms with Crippen molar-refractivity contribution < 1.29 is 5.11 Å². The molecule has 0 unspecified atom stereocenters. The Labute approximate surface area is 125 Å². The number of anilines is 1. The third kappa shape index (κ3) is 1.81. The summed E-state index contributed by atoms with van der Waals surface area (Å²) < 4.78 is 1.02. The lowest BCUT2D eigenvalue weighted by atomic mass is 9.97. The molecule has 0 aromatic carbocycles. The van der Waals surface area contributed by atoms with Crippen LogP contribution in [0.1, 0.15) is 18.2 Å². The first-order chi connectivity index (χ1) is 9.96. The van der Waals surface area contributed by atoms with Gasteiger partial charge >= 0.3 is 0 Å². The molecule has 4 heterocycles. The van der Waals surface area contributed by atoms with E-state index in [1.807, 2.05) is 13.8 Å². The van der Waals surface area contributed by atoms with Gasteiger partial charge in [0.15, 0.2) is 0 Å². The van der Waals surface area contributed by atoms with Gasteiger partial charge in [0.25, 0.3) is 0 Å². The van der Waals surface area contributed by atoms with Gasteiger partial charge in [0.2, 0.25) is 0 Å². The maximum absolute atomic E-state index is 9.93. The van der Waals surface area contributed by atoms with Gasteiger partial charge in [0, 0.05) is 18.5 Å². The molecule has 3 aromatic heterocycles. The van der Waals surface area contributed by atoms with Gasteiger partial charge in [-0.15, -0.1) is 16.4 Å². The number of rotatable bonds is 1. The molecule has 3 aromatic rings. The van der Waals surface area contributed by atoms with Gasteiger partial charge in [0.1, 0.15) is 17.0 Å². The molecule has 0 saturated carbocycles. The molecule has 4 rings (SSSR count). The second-order valence-corrected chi connectivity index (χ2v) is 6.92. The van der Waals surface area contributed by atoms with Crippen molar-refractivity contribution in [2.75, 3.05) is 18.0 Å². The first kappa shape index (κ1) is 12.8. The topological polar surface area (TPSA) is 75.0 Å². The SMILES string of the molecule is Cc1nnc2sc3c(N4CC(C)(O)C4)ncnc3c2c1C. The van der Waals surface area contributed by atoms with Gasteiger partial charge < -0.3 is 10.0 Å². The smallest absolute Gasteiger partial charge is 0.150 e. The third-order valence-electron chi connectivity index (χ3n) is 4.01. The maximum atomic E-state index is 9.93. The van der Waals surface area contributed by atoms with Crippen molar-refractivity contribution in [3.8, 4) is 0 Å². The summed E-state index contributed by atoms with van der Waals surface area (Å²) in [6.45, 7) is 7.04. The molecular weight excluding hydrogens is 286 g/mol. The summed E-state index contributed by atoms with van der Waals surface area (Å²) in [6, 6.07) is 0. The van der Waals surface area contributed by atoms with E-state index in [-0.39, 0.29) is 0 Å².